The molecule has 0 fully saturated rings. The lowest BCUT2D eigenvalue weighted by atomic mass is 10.2. The van der Waals surface area contributed by atoms with Gasteiger partial charge in [0.25, 0.3) is 0 Å². The molecule has 0 saturated heterocycles. The molecule has 0 atom stereocenters. The average Bonchev–Trinajstić information content (AvgIpc) is 2.17. The van der Waals surface area contributed by atoms with Crippen LogP contribution in [-0.4, -0.2) is 9.97 Å². The topological polar surface area (TPSA) is 37.8 Å². The fourth-order valence-corrected chi connectivity index (χ4v) is 1.21. The lowest BCUT2D eigenvalue weighted by molar-refractivity contribution is 1.24. The molecule has 0 unspecified atom stereocenters. The molecule has 0 bridgehead atoms. The van der Waals surface area contributed by atoms with Crippen LogP contribution < -0.4 is 4.34 Å². The molecule has 3 nitrogen and oxygen atoms in total. The monoisotopic (exact) mass is 223 g/mol. The zero-order valence-electron chi connectivity index (χ0n) is 6.16. The quantitative estimate of drug-likeness (QED) is 0.755. The highest BCUT2D eigenvalue weighted by Crippen LogP contribution is 2.11. The molecule has 0 aliphatic heterocycles. The SMILES string of the molecule is BrNc1ncc2ccccc2n1. The summed E-state index contributed by atoms with van der Waals surface area (Å²) in [5, 5.41) is 1.05. The number of aromatic nitrogens is 2. The number of rotatable bonds is 1. The van der Waals surface area contributed by atoms with Crippen molar-refractivity contribution in [3.63, 3.8) is 0 Å². The first-order valence-electron chi connectivity index (χ1n) is 3.48. The van der Waals surface area contributed by atoms with E-state index in [1.54, 1.807) is 6.20 Å². The zero-order valence-corrected chi connectivity index (χ0v) is 7.75. The predicted octanol–water partition coefficient (Wildman–Crippen LogP) is 2.35. The molecule has 0 saturated carbocycles. The number of fused-ring (bicyclic) bond motifs is 1. The van der Waals surface area contributed by atoms with Gasteiger partial charge in [-0.25, -0.2) is 9.97 Å². The molecule has 60 valence electrons. The fraction of sp³-hybridized carbons (Fsp3) is 0. The summed E-state index contributed by atoms with van der Waals surface area (Å²) in [5.41, 5.74) is 0.939. The third kappa shape index (κ3) is 1.25. The van der Waals surface area contributed by atoms with Crippen LogP contribution in [0.3, 0.4) is 0 Å². The van der Waals surface area contributed by atoms with Gasteiger partial charge in [-0.05, 0) is 6.07 Å². The van der Waals surface area contributed by atoms with E-state index in [4.69, 9.17) is 0 Å². The van der Waals surface area contributed by atoms with Crippen molar-refractivity contribution in [2.75, 3.05) is 4.34 Å². The number of hydrogen-bond acceptors (Lipinski definition) is 3. The van der Waals surface area contributed by atoms with Gasteiger partial charge in [0.15, 0.2) is 0 Å². The van der Waals surface area contributed by atoms with E-state index in [9.17, 15) is 0 Å². The summed E-state index contributed by atoms with van der Waals surface area (Å²) in [5.74, 6) is 0.578. The van der Waals surface area contributed by atoms with Gasteiger partial charge < -0.3 is 0 Å². The van der Waals surface area contributed by atoms with E-state index in [2.05, 4.69) is 30.5 Å². The standard InChI is InChI=1S/C8H6BrN3/c9-12-8-10-5-6-3-1-2-4-7(6)11-8/h1-5H,(H,10,11,12). The highest BCUT2D eigenvalue weighted by molar-refractivity contribution is 9.10. The number of nitrogens with zero attached hydrogens (tertiary/aromatic N) is 2. The van der Waals surface area contributed by atoms with Gasteiger partial charge in [-0.2, -0.15) is 0 Å². The number of para-hydroxylation sites is 1. The molecular weight excluding hydrogens is 218 g/mol. The molecule has 0 amide bonds. The smallest absolute Gasteiger partial charge is 0.233 e. The van der Waals surface area contributed by atoms with Crippen LogP contribution in [0.5, 0.6) is 0 Å². The molecule has 2 aromatic rings. The Bertz CT molecular complexity index is 402. The number of halogens is 1. The van der Waals surface area contributed by atoms with Crippen molar-refractivity contribution in [3.8, 4) is 0 Å². The summed E-state index contributed by atoms with van der Waals surface area (Å²) >= 11 is 3.07. The molecule has 0 radical (unpaired) electrons. The molecule has 1 aromatic heterocycles. The Balaban J connectivity index is 2.67. The summed E-state index contributed by atoms with van der Waals surface area (Å²) in [7, 11) is 0. The van der Waals surface area contributed by atoms with Gasteiger partial charge in [0.1, 0.15) is 0 Å². The van der Waals surface area contributed by atoms with Crippen LogP contribution in [0, 0.1) is 0 Å². The molecule has 0 aliphatic rings. The molecule has 0 aliphatic carbocycles. The predicted molar refractivity (Wildman–Crippen MR) is 52.1 cm³/mol. The highest BCUT2D eigenvalue weighted by Gasteiger charge is 1.95. The number of anilines is 1. The molecule has 1 aromatic carbocycles. The van der Waals surface area contributed by atoms with Crippen molar-refractivity contribution in [2.45, 2.75) is 0 Å². The van der Waals surface area contributed by atoms with Crippen LogP contribution in [0.4, 0.5) is 5.95 Å². The van der Waals surface area contributed by atoms with Crippen molar-refractivity contribution in [2.24, 2.45) is 0 Å². The Morgan fingerprint density at radius 3 is 2.92 bits per heavy atom. The normalized spacial score (nSPS) is 10.1. The van der Waals surface area contributed by atoms with Crippen LogP contribution in [-0.2, 0) is 0 Å². The zero-order chi connectivity index (χ0) is 8.39. The van der Waals surface area contributed by atoms with E-state index in [0.29, 0.717) is 5.95 Å². The maximum absolute atomic E-state index is 4.22. The second-order valence-corrected chi connectivity index (χ2v) is 2.74. The summed E-state index contributed by atoms with van der Waals surface area (Å²) < 4.78 is 2.71. The Kier molecular flexibility index (Phi) is 1.91. The van der Waals surface area contributed by atoms with E-state index < -0.39 is 0 Å². The molecule has 0 spiro atoms. The van der Waals surface area contributed by atoms with Crippen LogP contribution >= 0.6 is 16.1 Å². The van der Waals surface area contributed by atoms with Crippen LogP contribution in [0.2, 0.25) is 0 Å². The van der Waals surface area contributed by atoms with Crippen molar-refractivity contribution < 1.29 is 0 Å². The van der Waals surface area contributed by atoms with Gasteiger partial charge in [0.2, 0.25) is 5.95 Å². The van der Waals surface area contributed by atoms with Crippen LogP contribution in [0.15, 0.2) is 30.5 Å². The van der Waals surface area contributed by atoms with Gasteiger partial charge in [-0.1, -0.05) is 18.2 Å². The third-order valence-corrected chi connectivity index (χ3v) is 1.93. The minimum Gasteiger partial charge on any atom is -0.291 e. The van der Waals surface area contributed by atoms with Crippen LogP contribution in [0.1, 0.15) is 0 Å². The minimum absolute atomic E-state index is 0.578. The molecule has 1 heterocycles. The summed E-state index contributed by atoms with van der Waals surface area (Å²) in [6.45, 7) is 0. The van der Waals surface area contributed by atoms with Crippen molar-refractivity contribution in [1.29, 1.82) is 0 Å². The summed E-state index contributed by atoms with van der Waals surface area (Å²) in [6.07, 6.45) is 1.78. The highest BCUT2D eigenvalue weighted by atomic mass is 79.9. The Hall–Kier alpha value is -1.16. The van der Waals surface area contributed by atoms with Gasteiger partial charge in [-0.15, -0.1) is 0 Å². The van der Waals surface area contributed by atoms with Crippen molar-refractivity contribution in [3.05, 3.63) is 30.5 Å². The number of nitrogens with one attached hydrogen (secondary N) is 1. The maximum atomic E-state index is 4.22. The second kappa shape index (κ2) is 3.06. The number of benzene rings is 1. The Morgan fingerprint density at radius 2 is 2.08 bits per heavy atom. The molecule has 12 heavy (non-hydrogen) atoms. The van der Waals surface area contributed by atoms with Gasteiger partial charge in [0.05, 0.1) is 5.52 Å². The van der Waals surface area contributed by atoms with Crippen molar-refractivity contribution >= 4 is 33.0 Å². The summed E-state index contributed by atoms with van der Waals surface area (Å²) in [6, 6.07) is 7.85. The molecule has 4 heteroatoms. The lowest BCUT2D eigenvalue weighted by Crippen LogP contribution is -1.89. The lowest BCUT2D eigenvalue weighted by Gasteiger charge is -1.97. The Labute approximate surface area is 78.2 Å². The first kappa shape index (κ1) is 7.49. The average molecular weight is 224 g/mol. The molecular formula is C8H6BrN3. The first-order valence-corrected chi connectivity index (χ1v) is 4.28. The van der Waals surface area contributed by atoms with E-state index in [1.165, 1.54) is 0 Å². The number of hydrogen-bond donors (Lipinski definition) is 1. The Morgan fingerprint density at radius 1 is 1.25 bits per heavy atom. The molecule has 1 N–H and O–H groups in total. The second-order valence-electron chi connectivity index (χ2n) is 2.35. The van der Waals surface area contributed by atoms with Gasteiger partial charge in [0, 0.05) is 27.7 Å². The molecule has 2 rings (SSSR count). The minimum atomic E-state index is 0.578. The first-order chi connectivity index (χ1) is 5.90. The largest absolute Gasteiger partial charge is 0.291 e. The van der Waals surface area contributed by atoms with E-state index in [0.717, 1.165) is 10.9 Å². The van der Waals surface area contributed by atoms with E-state index in [-0.39, 0.29) is 0 Å². The van der Waals surface area contributed by atoms with E-state index in [1.807, 2.05) is 24.3 Å². The maximum Gasteiger partial charge on any atom is 0.233 e. The fourth-order valence-electron chi connectivity index (χ4n) is 1.02. The van der Waals surface area contributed by atoms with Crippen LogP contribution in [0.25, 0.3) is 10.9 Å². The van der Waals surface area contributed by atoms with E-state index >= 15 is 0 Å². The van der Waals surface area contributed by atoms with Crippen molar-refractivity contribution in [1.82, 2.24) is 9.97 Å². The van der Waals surface area contributed by atoms with Gasteiger partial charge in [-0.3, -0.25) is 4.34 Å². The van der Waals surface area contributed by atoms with Gasteiger partial charge >= 0.3 is 0 Å². The summed E-state index contributed by atoms with van der Waals surface area (Å²) in [4.78, 5) is 8.28. The third-order valence-electron chi connectivity index (χ3n) is 1.57.